The minimum absolute atomic E-state index is 1.17. The van der Waals surface area contributed by atoms with Crippen molar-refractivity contribution in [3.05, 3.63) is 0 Å². The average molecular weight is 121 g/mol. The molecule has 1 saturated carbocycles. The van der Waals surface area contributed by atoms with Crippen molar-refractivity contribution in [1.29, 1.82) is 0 Å². The Kier molecular flexibility index (Phi) is 6.11. The van der Waals surface area contributed by atoms with Crippen molar-refractivity contribution in [3.63, 3.8) is 0 Å². The van der Waals surface area contributed by atoms with Gasteiger partial charge in [0, 0.05) is 0 Å². The Morgan fingerprint density at radius 1 is 1.14 bits per heavy atom. The molecular formula is C4H10O2P+. The molecule has 1 atom stereocenters. The van der Waals surface area contributed by atoms with Crippen LogP contribution in [0.2, 0.25) is 0 Å². The van der Waals surface area contributed by atoms with Gasteiger partial charge < -0.3 is 0 Å². The van der Waals surface area contributed by atoms with Crippen LogP contribution in [-0.2, 0) is 4.57 Å². The molecule has 0 amide bonds. The van der Waals surface area contributed by atoms with Gasteiger partial charge in [-0.1, -0.05) is 25.7 Å². The maximum Gasteiger partial charge on any atom is 0.491 e. The predicted molar refractivity (Wildman–Crippen MR) is 29.7 cm³/mol. The van der Waals surface area contributed by atoms with Crippen LogP contribution in [0, 0.1) is 0 Å². The molecule has 1 unspecified atom stereocenters. The summed E-state index contributed by atoms with van der Waals surface area (Å²) in [6.07, 6.45) is 6.00. The molecule has 0 bridgehead atoms. The third kappa shape index (κ3) is 6.06. The van der Waals surface area contributed by atoms with E-state index in [4.69, 9.17) is 9.46 Å². The molecule has 7 heavy (non-hydrogen) atoms. The zero-order chi connectivity index (χ0) is 5.54. The van der Waals surface area contributed by atoms with Gasteiger partial charge in [0.2, 0.25) is 0 Å². The Bertz CT molecular complexity index is 39.0. The Labute approximate surface area is 44.8 Å². The second-order valence-corrected chi connectivity index (χ2v) is 1.69. The summed E-state index contributed by atoms with van der Waals surface area (Å²) in [5.74, 6) is 0. The van der Waals surface area contributed by atoms with Gasteiger partial charge in [-0.25, -0.2) is 0 Å². The lowest BCUT2D eigenvalue weighted by molar-refractivity contribution is 0.504. The van der Waals surface area contributed by atoms with E-state index in [-0.39, 0.29) is 0 Å². The van der Waals surface area contributed by atoms with E-state index in [0.29, 0.717) is 0 Å². The van der Waals surface area contributed by atoms with Gasteiger partial charge in [-0.05, 0) is 4.57 Å². The van der Waals surface area contributed by atoms with Crippen LogP contribution in [-0.4, -0.2) is 4.89 Å². The number of hydrogen-bond donors (Lipinski definition) is 1. The van der Waals surface area contributed by atoms with Crippen molar-refractivity contribution < 1.29 is 9.46 Å². The van der Waals surface area contributed by atoms with E-state index in [9.17, 15) is 0 Å². The summed E-state index contributed by atoms with van der Waals surface area (Å²) in [6, 6.07) is 0. The van der Waals surface area contributed by atoms with Gasteiger partial charge in [-0.15, -0.1) is 0 Å². The van der Waals surface area contributed by atoms with Crippen molar-refractivity contribution in [2.24, 2.45) is 0 Å². The van der Waals surface area contributed by atoms with Gasteiger partial charge in [0.25, 0.3) is 0 Å². The van der Waals surface area contributed by atoms with Crippen molar-refractivity contribution in [2.45, 2.75) is 25.7 Å². The van der Waals surface area contributed by atoms with E-state index in [1.165, 1.54) is 25.7 Å². The molecule has 0 radical (unpaired) electrons. The van der Waals surface area contributed by atoms with Gasteiger partial charge in [-0.2, -0.15) is 4.89 Å². The Morgan fingerprint density at radius 2 is 1.29 bits per heavy atom. The highest BCUT2D eigenvalue weighted by atomic mass is 31.1. The number of hydrogen-bond acceptors (Lipinski definition) is 1. The summed E-state index contributed by atoms with van der Waals surface area (Å²) in [6.45, 7) is 0. The van der Waals surface area contributed by atoms with Crippen LogP contribution in [0.1, 0.15) is 25.7 Å². The van der Waals surface area contributed by atoms with Crippen LogP contribution in [0.3, 0.4) is 0 Å². The lowest BCUT2D eigenvalue weighted by Gasteiger charge is -2.05. The summed E-state index contributed by atoms with van der Waals surface area (Å²) in [4.78, 5) is 7.04. The standard InChI is InChI=1S/C4H8.HO2P/c1-2-4-3-1;1-3-2/h1-4H2;3H/p+1. The molecule has 2 nitrogen and oxygen atoms in total. The molecule has 1 fully saturated rings. The van der Waals surface area contributed by atoms with Crippen LogP contribution >= 0.6 is 8.69 Å². The molecule has 0 aromatic rings. The predicted octanol–water partition coefficient (Wildman–Crippen LogP) is 1.48. The number of rotatable bonds is 0. The van der Waals surface area contributed by atoms with Crippen LogP contribution in [0.4, 0.5) is 0 Å². The fourth-order valence-corrected chi connectivity index (χ4v) is 0.250. The summed E-state index contributed by atoms with van der Waals surface area (Å²) in [7, 11) is -1.17. The lowest BCUT2D eigenvalue weighted by Crippen LogP contribution is -1.85. The van der Waals surface area contributed by atoms with Crippen molar-refractivity contribution in [2.75, 3.05) is 0 Å². The van der Waals surface area contributed by atoms with Crippen LogP contribution < -0.4 is 0 Å². The van der Waals surface area contributed by atoms with Crippen molar-refractivity contribution in [1.82, 2.24) is 0 Å². The van der Waals surface area contributed by atoms with Crippen molar-refractivity contribution >= 4 is 8.69 Å². The maximum absolute atomic E-state index is 8.51. The van der Waals surface area contributed by atoms with E-state index < -0.39 is 8.69 Å². The van der Waals surface area contributed by atoms with Crippen LogP contribution in [0.15, 0.2) is 0 Å². The van der Waals surface area contributed by atoms with Gasteiger partial charge in [-0.3, -0.25) is 0 Å². The van der Waals surface area contributed by atoms with E-state index in [1.54, 1.807) is 0 Å². The molecule has 0 saturated heterocycles. The van der Waals surface area contributed by atoms with Gasteiger partial charge >= 0.3 is 8.69 Å². The van der Waals surface area contributed by atoms with E-state index in [1.807, 2.05) is 0 Å². The topological polar surface area (TPSA) is 37.3 Å². The van der Waals surface area contributed by atoms with Crippen LogP contribution in [0.25, 0.3) is 0 Å². The monoisotopic (exact) mass is 121 g/mol. The molecule has 1 aliphatic rings. The molecule has 1 rings (SSSR count). The minimum Gasteiger partial charge on any atom is -0.162 e. The molecule has 0 spiro atoms. The molecule has 0 aromatic carbocycles. The fourth-order valence-electron chi connectivity index (χ4n) is 0.250. The average Bonchev–Trinajstić information content (AvgIpc) is 1.27. The zero-order valence-electron chi connectivity index (χ0n) is 4.18. The summed E-state index contributed by atoms with van der Waals surface area (Å²) < 4.78 is 8.51. The van der Waals surface area contributed by atoms with E-state index in [0.717, 1.165) is 0 Å². The first-order chi connectivity index (χ1) is 3.41. The molecule has 1 aliphatic carbocycles. The van der Waals surface area contributed by atoms with Crippen LogP contribution in [0.5, 0.6) is 0 Å². The van der Waals surface area contributed by atoms with Gasteiger partial charge in [0.1, 0.15) is 0 Å². The molecule has 1 N–H and O–H groups in total. The van der Waals surface area contributed by atoms with Gasteiger partial charge in [0.15, 0.2) is 0 Å². The molecule has 42 valence electrons. The normalized spacial score (nSPS) is 16.7. The second kappa shape index (κ2) is 6.06. The van der Waals surface area contributed by atoms with Gasteiger partial charge in [0.05, 0.1) is 0 Å². The quantitative estimate of drug-likeness (QED) is 0.493. The Balaban J connectivity index is 0.000000110. The fraction of sp³-hybridized carbons (Fsp3) is 1.00. The first-order valence-corrected chi connectivity index (χ1v) is 3.28. The first kappa shape index (κ1) is 7.06. The maximum atomic E-state index is 8.51. The second-order valence-electron chi connectivity index (χ2n) is 1.51. The Morgan fingerprint density at radius 3 is 1.29 bits per heavy atom. The molecule has 3 heteroatoms. The molecule has 0 aromatic heterocycles. The highest BCUT2D eigenvalue weighted by Gasteiger charge is 1.95. The zero-order valence-corrected chi connectivity index (χ0v) is 5.18. The Hall–Kier alpha value is 0.0600. The highest BCUT2D eigenvalue weighted by molar-refractivity contribution is 7.16. The molecule has 0 heterocycles. The minimum atomic E-state index is -1.17. The molecule has 0 aliphatic heterocycles. The third-order valence-corrected chi connectivity index (χ3v) is 1.000. The highest BCUT2D eigenvalue weighted by Crippen LogP contribution is 2.15. The van der Waals surface area contributed by atoms with Crippen molar-refractivity contribution in [3.8, 4) is 0 Å². The SMILES string of the molecule is C1CCC1.O=[PH+]O. The summed E-state index contributed by atoms with van der Waals surface area (Å²) in [5, 5.41) is 0. The smallest absolute Gasteiger partial charge is 0.162 e. The largest absolute Gasteiger partial charge is 0.491 e. The third-order valence-electron chi connectivity index (χ3n) is 1.000. The molecular weight excluding hydrogens is 111 g/mol. The van der Waals surface area contributed by atoms with E-state index >= 15 is 0 Å². The lowest BCUT2D eigenvalue weighted by atomic mass is 10.0. The van der Waals surface area contributed by atoms with E-state index in [2.05, 4.69) is 0 Å². The first-order valence-electron chi connectivity index (χ1n) is 2.43. The summed E-state index contributed by atoms with van der Waals surface area (Å²) >= 11 is 0. The summed E-state index contributed by atoms with van der Waals surface area (Å²) in [5.41, 5.74) is 0.